The van der Waals surface area contributed by atoms with Gasteiger partial charge in [0.1, 0.15) is 12.3 Å². The van der Waals surface area contributed by atoms with Crippen molar-refractivity contribution >= 4 is 23.8 Å². The Hall–Kier alpha value is -2.71. The first-order valence-electron chi connectivity index (χ1n) is 13.9. The summed E-state index contributed by atoms with van der Waals surface area (Å²) in [5, 5.41) is 22.6. The number of nitriles is 1. The van der Waals surface area contributed by atoms with Crippen LogP contribution in [0, 0.1) is 29.1 Å². The number of amides is 2. The molecule has 11 heteroatoms. The molecule has 3 saturated heterocycles. The molecule has 0 bridgehead atoms. The van der Waals surface area contributed by atoms with Crippen molar-refractivity contribution in [1.82, 2.24) is 15.1 Å². The Kier molecular flexibility index (Phi) is 9.76. The molecule has 4 fully saturated rings. The topological polar surface area (TPSA) is 149 Å². The molecule has 0 aromatic carbocycles. The number of piperidine rings is 1. The Morgan fingerprint density at radius 3 is 2.16 bits per heavy atom. The molecule has 2 N–H and O–H groups in total. The molecule has 7 atom stereocenters. The van der Waals surface area contributed by atoms with Crippen molar-refractivity contribution in [3.05, 3.63) is 0 Å². The van der Waals surface area contributed by atoms with Crippen LogP contribution in [0.4, 0.5) is 0 Å². The van der Waals surface area contributed by atoms with Gasteiger partial charge in [0.2, 0.25) is 17.4 Å². The molecule has 11 nitrogen and oxygen atoms in total. The maximum Gasteiger partial charge on any atom is 0.344 e. The van der Waals surface area contributed by atoms with Gasteiger partial charge in [-0.25, -0.2) is 9.59 Å². The highest BCUT2D eigenvalue weighted by atomic mass is 16.6. The first-order chi connectivity index (χ1) is 18.1. The molecule has 4 rings (SSSR count). The third kappa shape index (κ3) is 5.25. The summed E-state index contributed by atoms with van der Waals surface area (Å²) < 4.78 is 10.0. The van der Waals surface area contributed by atoms with Gasteiger partial charge in [0, 0.05) is 18.9 Å². The van der Waals surface area contributed by atoms with E-state index in [1.807, 2.05) is 4.90 Å². The van der Waals surface area contributed by atoms with Crippen LogP contribution in [-0.2, 0) is 28.7 Å². The zero-order valence-corrected chi connectivity index (χ0v) is 23.1. The average molecular weight is 535 g/mol. The summed E-state index contributed by atoms with van der Waals surface area (Å²) in [6, 6.07) is 2.48. The Bertz CT molecular complexity index is 932. The van der Waals surface area contributed by atoms with Gasteiger partial charge in [0.05, 0.1) is 25.3 Å². The van der Waals surface area contributed by atoms with Gasteiger partial charge in [-0.2, -0.15) is 5.26 Å². The summed E-state index contributed by atoms with van der Waals surface area (Å²) in [5.74, 6) is -1.55. The molecule has 3 aliphatic heterocycles. The standard InChI is InChI=1S/C14H23NO6.C13H19N3O/c1-5-10-8-11(17)15(9(4)16)14(10,12(18)20-6-2)13(19)21-7-3;1-2-8-3-4-15-12(8)13(17)16-10(7-14)5-9-6-11(9)16/h10-11,17H,5-8H2,1-4H3;8-12,15H,2-6H2,1H3/t10-,11?;8-,9+,10-,11?,12-/m00/s1. The minimum atomic E-state index is -1.90. The van der Waals surface area contributed by atoms with Crippen LogP contribution in [0.25, 0.3) is 0 Å². The van der Waals surface area contributed by atoms with Crippen molar-refractivity contribution in [1.29, 1.82) is 5.26 Å². The number of hydrogen-bond acceptors (Lipinski definition) is 9. The first kappa shape index (κ1) is 29.8. The van der Waals surface area contributed by atoms with Crippen LogP contribution in [0.5, 0.6) is 0 Å². The lowest BCUT2D eigenvalue weighted by Crippen LogP contribution is -2.64. The molecule has 3 heterocycles. The molecule has 38 heavy (non-hydrogen) atoms. The number of fused-ring (bicyclic) bond motifs is 1. The Morgan fingerprint density at radius 1 is 1.03 bits per heavy atom. The number of rotatable bonds is 7. The van der Waals surface area contributed by atoms with E-state index >= 15 is 0 Å². The molecular formula is C27H42N4O7. The highest BCUT2D eigenvalue weighted by molar-refractivity contribution is 6.08. The third-order valence-corrected chi connectivity index (χ3v) is 8.42. The molecular weight excluding hydrogens is 492 g/mol. The van der Waals surface area contributed by atoms with Gasteiger partial charge in [-0.05, 0) is 64.3 Å². The van der Waals surface area contributed by atoms with Crippen LogP contribution in [0.15, 0.2) is 0 Å². The molecule has 2 unspecified atom stereocenters. The maximum absolute atomic E-state index is 12.5. The number of hydrogen-bond donors (Lipinski definition) is 2. The second kappa shape index (κ2) is 12.4. The fourth-order valence-electron chi connectivity index (χ4n) is 6.51. The van der Waals surface area contributed by atoms with Crippen LogP contribution >= 0.6 is 0 Å². The SMILES string of the molecule is CCOC(=O)C1(C(=O)OCC)[C@@H](CC)CC(O)N1C(C)=O.CC[C@H]1CCN[C@@H]1C(=O)N1C2C[C@H]2C[C@H]1C#N. The Balaban J connectivity index is 0.000000214. The summed E-state index contributed by atoms with van der Waals surface area (Å²) in [6.45, 7) is 9.43. The molecule has 0 aromatic rings. The van der Waals surface area contributed by atoms with E-state index < -0.39 is 35.5 Å². The lowest BCUT2D eigenvalue weighted by Gasteiger charge is -2.37. The van der Waals surface area contributed by atoms with Crippen molar-refractivity contribution in [2.24, 2.45) is 17.8 Å². The van der Waals surface area contributed by atoms with Crippen LogP contribution in [0.3, 0.4) is 0 Å². The minimum Gasteiger partial charge on any atom is -0.464 e. The molecule has 4 aliphatic rings. The van der Waals surface area contributed by atoms with E-state index in [1.54, 1.807) is 20.8 Å². The fourth-order valence-corrected chi connectivity index (χ4v) is 6.51. The number of carbonyl (C=O) groups excluding carboxylic acids is 4. The number of aliphatic hydroxyl groups excluding tert-OH is 1. The van der Waals surface area contributed by atoms with Gasteiger partial charge >= 0.3 is 11.9 Å². The van der Waals surface area contributed by atoms with E-state index in [2.05, 4.69) is 18.3 Å². The van der Waals surface area contributed by atoms with E-state index in [-0.39, 0.29) is 37.6 Å². The third-order valence-electron chi connectivity index (χ3n) is 8.42. The molecule has 1 aliphatic carbocycles. The van der Waals surface area contributed by atoms with Crippen molar-refractivity contribution in [2.45, 2.75) is 103 Å². The van der Waals surface area contributed by atoms with Gasteiger partial charge < -0.3 is 24.8 Å². The van der Waals surface area contributed by atoms with Gasteiger partial charge in [-0.15, -0.1) is 0 Å². The molecule has 0 spiro atoms. The largest absolute Gasteiger partial charge is 0.464 e. The summed E-state index contributed by atoms with van der Waals surface area (Å²) in [7, 11) is 0. The summed E-state index contributed by atoms with van der Waals surface area (Å²) in [4.78, 5) is 52.2. The van der Waals surface area contributed by atoms with Gasteiger partial charge in [0.25, 0.3) is 0 Å². The number of carbonyl (C=O) groups is 4. The summed E-state index contributed by atoms with van der Waals surface area (Å²) in [5.41, 5.74) is -1.90. The van der Waals surface area contributed by atoms with Crippen LogP contribution in [0.1, 0.15) is 73.1 Å². The average Bonchev–Trinajstić information content (AvgIpc) is 3.23. The lowest BCUT2D eigenvalue weighted by atomic mass is 9.82. The van der Waals surface area contributed by atoms with Crippen molar-refractivity contribution in [3.8, 4) is 6.07 Å². The number of ether oxygens (including phenoxy) is 2. The monoisotopic (exact) mass is 534 g/mol. The fraction of sp³-hybridized carbons (Fsp3) is 0.815. The number of aliphatic hydroxyl groups is 1. The predicted octanol–water partition coefficient (Wildman–Crippen LogP) is 1.34. The van der Waals surface area contributed by atoms with Crippen molar-refractivity contribution < 1.29 is 33.8 Å². The first-order valence-corrected chi connectivity index (χ1v) is 13.9. The van der Waals surface area contributed by atoms with Crippen LogP contribution in [0.2, 0.25) is 0 Å². The van der Waals surface area contributed by atoms with Gasteiger partial charge in [0.15, 0.2) is 0 Å². The van der Waals surface area contributed by atoms with E-state index in [0.29, 0.717) is 24.3 Å². The second-order valence-corrected chi connectivity index (χ2v) is 10.5. The molecule has 2 amide bonds. The maximum atomic E-state index is 12.5. The Morgan fingerprint density at radius 2 is 1.66 bits per heavy atom. The van der Waals surface area contributed by atoms with Gasteiger partial charge in [-0.3, -0.25) is 14.5 Å². The minimum absolute atomic E-state index is 0.0322. The zero-order valence-electron chi connectivity index (χ0n) is 23.1. The number of nitrogens with zero attached hydrogens (tertiary/aromatic N) is 3. The second-order valence-electron chi connectivity index (χ2n) is 10.5. The smallest absolute Gasteiger partial charge is 0.344 e. The van der Waals surface area contributed by atoms with Gasteiger partial charge in [-0.1, -0.05) is 20.3 Å². The Labute approximate surface area is 224 Å². The predicted molar refractivity (Wildman–Crippen MR) is 136 cm³/mol. The molecule has 0 radical (unpaired) electrons. The number of esters is 2. The normalized spacial score (nSPS) is 32.5. The highest BCUT2D eigenvalue weighted by Crippen LogP contribution is 2.48. The summed E-state index contributed by atoms with van der Waals surface area (Å²) >= 11 is 0. The highest BCUT2D eigenvalue weighted by Gasteiger charge is 2.66. The van der Waals surface area contributed by atoms with Crippen molar-refractivity contribution in [3.63, 3.8) is 0 Å². The number of nitrogens with one attached hydrogen (secondary N) is 1. The van der Waals surface area contributed by atoms with E-state index in [0.717, 1.165) is 37.1 Å². The van der Waals surface area contributed by atoms with Crippen LogP contribution < -0.4 is 5.32 Å². The van der Waals surface area contributed by atoms with E-state index in [9.17, 15) is 24.3 Å². The van der Waals surface area contributed by atoms with E-state index in [1.165, 1.54) is 6.92 Å². The molecule has 1 saturated carbocycles. The molecule has 0 aromatic heterocycles. The zero-order chi connectivity index (χ0) is 28.2. The quantitative estimate of drug-likeness (QED) is 0.364. The van der Waals surface area contributed by atoms with E-state index in [4.69, 9.17) is 14.7 Å². The van der Waals surface area contributed by atoms with Crippen molar-refractivity contribution in [2.75, 3.05) is 19.8 Å². The lowest BCUT2D eigenvalue weighted by molar-refractivity contribution is -0.184. The summed E-state index contributed by atoms with van der Waals surface area (Å²) in [6.07, 6.45) is 3.51. The number of likely N-dealkylation sites (tertiary alicyclic amines) is 2. The van der Waals surface area contributed by atoms with Crippen LogP contribution in [-0.4, -0.2) is 88.3 Å². The molecule has 212 valence electrons.